The zero-order valence-electron chi connectivity index (χ0n) is 10.2. The molecule has 0 aliphatic carbocycles. The van der Waals surface area contributed by atoms with E-state index in [1.165, 1.54) is 0 Å². The van der Waals surface area contributed by atoms with Crippen molar-refractivity contribution in [2.24, 2.45) is 0 Å². The molecule has 0 atom stereocenters. The van der Waals surface area contributed by atoms with Crippen LogP contribution in [0.25, 0.3) is 15.3 Å². The van der Waals surface area contributed by atoms with Crippen LogP contribution >= 0.6 is 11.3 Å². The van der Waals surface area contributed by atoms with Crippen LogP contribution < -0.4 is 0 Å². The fourth-order valence-electron chi connectivity index (χ4n) is 1.72. The van der Waals surface area contributed by atoms with Gasteiger partial charge in [-0.05, 0) is 19.9 Å². The second-order valence-electron chi connectivity index (χ2n) is 4.85. The summed E-state index contributed by atoms with van der Waals surface area (Å²) in [6, 6.07) is 1.98. The summed E-state index contributed by atoms with van der Waals surface area (Å²) in [6.45, 7) is 3.96. The first-order valence-corrected chi connectivity index (χ1v) is 6.51. The van der Waals surface area contributed by atoms with Crippen molar-refractivity contribution in [2.75, 3.05) is 6.61 Å². The first kappa shape index (κ1) is 11.4. The first-order valence-electron chi connectivity index (χ1n) is 5.70. The van der Waals surface area contributed by atoms with Crippen LogP contribution in [0.5, 0.6) is 0 Å². The number of hydrogen-bond donors (Lipinski definition) is 1. The lowest BCUT2D eigenvalue weighted by molar-refractivity contribution is 0.152. The van der Waals surface area contributed by atoms with E-state index in [0.717, 1.165) is 15.3 Å². The zero-order chi connectivity index (χ0) is 12.8. The molecular formula is C12H14N4OS. The Labute approximate surface area is 108 Å². The fraction of sp³-hybridized carbons (Fsp3) is 0.333. The monoisotopic (exact) mass is 262 g/mol. The standard InChI is InChI=1S/C12H14N4OS/c1-12(2,8-17)16-6-9(5-14-16)10-7-15-11(18-10)3-4-13-15/h3-7,17H,8H2,1-2H3. The summed E-state index contributed by atoms with van der Waals surface area (Å²) < 4.78 is 3.65. The zero-order valence-corrected chi connectivity index (χ0v) is 11.1. The van der Waals surface area contributed by atoms with Gasteiger partial charge in [0.15, 0.2) is 0 Å². The SMILES string of the molecule is CC(C)(CO)n1cc(-c2cn3nccc3s2)cn1. The Hall–Kier alpha value is -1.66. The summed E-state index contributed by atoms with van der Waals surface area (Å²) in [5.41, 5.74) is 0.669. The minimum atomic E-state index is -0.379. The van der Waals surface area contributed by atoms with Gasteiger partial charge >= 0.3 is 0 Å². The normalized spacial score (nSPS) is 12.4. The second kappa shape index (κ2) is 3.93. The van der Waals surface area contributed by atoms with E-state index in [9.17, 15) is 5.11 Å². The molecule has 0 amide bonds. The summed E-state index contributed by atoms with van der Waals surface area (Å²) in [6.07, 6.45) is 7.56. The number of aromatic nitrogens is 4. The summed E-state index contributed by atoms with van der Waals surface area (Å²) in [5, 5.41) is 17.9. The Kier molecular flexibility index (Phi) is 2.49. The highest BCUT2D eigenvalue weighted by molar-refractivity contribution is 7.20. The van der Waals surface area contributed by atoms with Crippen LogP contribution in [-0.4, -0.2) is 31.1 Å². The quantitative estimate of drug-likeness (QED) is 0.785. The molecule has 0 fully saturated rings. The Morgan fingerprint density at radius 1 is 1.33 bits per heavy atom. The fourth-order valence-corrected chi connectivity index (χ4v) is 2.64. The van der Waals surface area contributed by atoms with E-state index < -0.39 is 0 Å². The van der Waals surface area contributed by atoms with Crippen LogP contribution in [0.15, 0.2) is 30.9 Å². The molecule has 3 heterocycles. The van der Waals surface area contributed by atoms with Crippen LogP contribution in [0, 0.1) is 0 Å². The van der Waals surface area contributed by atoms with Gasteiger partial charge in [0, 0.05) is 18.0 Å². The highest BCUT2D eigenvalue weighted by Gasteiger charge is 2.20. The van der Waals surface area contributed by atoms with Gasteiger partial charge in [0.05, 0.1) is 29.4 Å². The van der Waals surface area contributed by atoms with Crippen molar-refractivity contribution < 1.29 is 5.11 Å². The van der Waals surface area contributed by atoms with E-state index in [0.29, 0.717) is 0 Å². The maximum absolute atomic E-state index is 9.34. The molecule has 0 aromatic carbocycles. The smallest absolute Gasteiger partial charge is 0.119 e. The van der Waals surface area contributed by atoms with Crippen LogP contribution in [-0.2, 0) is 5.54 Å². The van der Waals surface area contributed by atoms with Gasteiger partial charge < -0.3 is 5.11 Å². The lowest BCUT2D eigenvalue weighted by Crippen LogP contribution is -2.30. The van der Waals surface area contributed by atoms with Crippen LogP contribution in [0.4, 0.5) is 0 Å². The topological polar surface area (TPSA) is 55.4 Å². The molecule has 1 N–H and O–H groups in total. The summed E-state index contributed by atoms with van der Waals surface area (Å²) >= 11 is 1.67. The van der Waals surface area contributed by atoms with Gasteiger partial charge in [-0.1, -0.05) is 0 Å². The van der Waals surface area contributed by atoms with Crippen LogP contribution in [0.2, 0.25) is 0 Å². The lowest BCUT2D eigenvalue weighted by atomic mass is 10.1. The van der Waals surface area contributed by atoms with Crippen molar-refractivity contribution in [2.45, 2.75) is 19.4 Å². The van der Waals surface area contributed by atoms with Crippen molar-refractivity contribution >= 4 is 16.2 Å². The molecule has 18 heavy (non-hydrogen) atoms. The van der Waals surface area contributed by atoms with E-state index in [2.05, 4.69) is 10.2 Å². The number of aliphatic hydroxyl groups excluding tert-OH is 1. The van der Waals surface area contributed by atoms with Gasteiger partial charge in [0.2, 0.25) is 0 Å². The number of rotatable bonds is 3. The maximum Gasteiger partial charge on any atom is 0.119 e. The number of thiazole rings is 1. The van der Waals surface area contributed by atoms with Gasteiger partial charge in [-0.3, -0.25) is 4.68 Å². The molecule has 0 saturated heterocycles. The molecule has 0 unspecified atom stereocenters. The van der Waals surface area contributed by atoms with E-state index >= 15 is 0 Å². The van der Waals surface area contributed by atoms with Crippen LogP contribution in [0.3, 0.4) is 0 Å². The highest BCUT2D eigenvalue weighted by Crippen LogP contribution is 2.29. The molecule has 0 aliphatic heterocycles. The molecule has 6 heteroatoms. The van der Waals surface area contributed by atoms with Crippen LogP contribution in [0.1, 0.15) is 13.8 Å². The molecule has 0 aliphatic rings. The van der Waals surface area contributed by atoms with Gasteiger partial charge in [-0.2, -0.15) is 10.2 Å². The van der Waals surface area contributed by atoms with Gasteiger partial charge in [-0.25, -0.2) is 4.52 Å². The molecule has 3 aromatic heterocycles. The van der Waals surface area contributed by atoms with Crippen molar-refractivity contribution in [3.05, 3.63) is 30.9 Å². The summed E-state index contributed by atoms with van der Waals surface area (Å²) in [5.74, 6) is 0. The third-order valence-electron chi connectivity index (χ3n) is 2.96. The van der Waals surface area contributed by atoms with Crippen molar-refractivity contribution in [3.8, 4) is 10.4 Å². The summed E-state index contributed by atoms with van der Waals surface area (Å²) in [4.78, 5) is 2.23. The number of fused-ring (bicyclic) bond motifs is 1. The molecular weight excluding hydrogens is 248 g/mol. The number of nitrogens with zero attached hydrogens (tertiary/aromatic N) is 4. The minimum absolute atomic E-state index is 0.0574. The molecule has 0 radical (unpaired) electrons. The maximum atomic E-state index is 9.34. The molecule has 5 nitrogen and oxygen atoms in total. The molecule has 0 spiro atoms. The number of aliphatic hydroxyl groups is 1. The van der Waals surface area contributed by atoms with Crippen molar-refractivity contribution in [3.63, 3.8) is 0 Å². The van der Waals surface area contributed by atoms with Crippen molar-refractivity contribution in [1.29, 1.82) is 0 Å². The second-order valence-corrected chi connectivity index (χ2v) is 5.92. The Bertz CT molecular complexity index is 650. The predicted molar refractivity (Wildman–Crippen MR) is 70.7 cm³/mol. The Morgan fingerprint density at radius 3 is 2.89 bits per heavy atom. The first-order chi connectivity index (χ1) is 8.60. The summed E-state index contributed by atoms with van der Waals surface area (Å²) in [7, 11) is 0. The van der Waals surface area contributed by atoms with E-state index in [1.807, 2.05) is 43.0 Å². The van der Waals surface area contributed by atoms with E-state index in [1.54, 1.807) is 22.2 Å². The van der Waals surface area contributed by atoms with E-state index in [4.69, 9.17) is 0 Å². The Morgan fingerprint density at radius 2 is 2.17 bits per heavy atom. The highest BCUT2D eigenvalue weighted by atomic mass is 32.1. The molecule has 0 saturated carbocycles. The average Bonchev–Trinajstić information content (AvgIpc) is 3.02. The minimum Gasteiger partial charge on any atom is -0.394 e. The third kappa shape index (κ3) is 1.74. The lowest BCUT2D eigenvalue weighted by Gasteiger charge is -2.21. The average molecular weight is 262 g/mol. The molecule has 3 aromatic rings. The predicted octanol–water partition coefficient (Wildman–Crippen LogP) is 1.99. The molecule has 3 rings (SSSR count). The largest absolute Gasteiger partial charge is 0.394 e. The van der Waals surface area contributed by atoms with Gasteiger partial charge in [0.25, 0.3) is 0 Å². The molecule has 0 bridgehead atoms. The van der Waals surface area contributed by atoms with Gasteiger partial charge in [0.1, 0.15) is 4.83 Å². The van der Waals surface area contributed by atoms with Gasteiger partial charge in [-0.15, -0.1) is 11.3 Å². The van der Waals surface area contributed by atoms with Crippen molar-refractivity contribution in [1.82, 2.24) is 19.4 Å². The Balaban J connectivity index is 2.00. The molecule has 94 valence electrons. The number of hydrogen-bond acceptors (Lipinski definition) is 4. The van der Waals surface area contributed by atoms with E-state index in [-0.39, 0.29) is 12.1 Å². The third-order valence-corrected chi connectivity index (χ3v) is 4.06.